The van der Waals surface area contributed by atoms with Crippen LogP contribution in [0.5, 0.6) is 0 Å². The van der Waals surface area contributed by atoms with Crippen LogP contribution in [0.4, 0.5) is 0 Å². The van der Waals surface area contributed by atoms with Gasteiger partial charge in [-0.15, -0.1) is 0 Å². The molecule has 0 unspecified atom stereocenters. The van der Waals surface area contributed by atoms with Gasteiger partial charge in [0.1, 0.15) is 11.9 Å². The number of nitrogens with zero attached hydrogens (tertiary/aromatic N) is 3. The quantitative estimate of drug-likeness (QED) is 0.899. The van der Waals surface area contributed by atoms with E-state index in [-0.39, 0.29) is 23.8 Å². The summed E-state index contributed by atoms with van der Waals surface area (Å²) < 4.78 is 2.06. The average Bonchev–Trinajstić information content (AvgIpc) is 2.95. The highest BCUT2D eigenvalue weighted by Gasteiger charge is 2.37. The second-order valence-electron chi connectivity index (χ2n) is 6.70. The smallest absolute Gasteiger partial charge is 0.242 e. The lowest BCUT2D eigenvalue weighted by molar-refractivity contribution is -0.147. The Morgan fingerprint density at radius 3 is 3.09 bits per heavy atom. The van der Waals surface area contributed by atoms with E-state index in [1.807, 2.05) is 11.1 Å². The third kappa shape index (κ3) is 2.87. The zero-order valence-corrected chi connectivity index (χ0v) is 13.3. The molecule has 3 heterocycles. The molecule has 2 amide bonds. The van der Waals surface area contributed by atoms with E-state index in [2.05, 4.69) is 28.7 Å². The molecule has 0 aromatic carbocycles. The number of piperazine rings is 1. The van der Waals surface area contributed by atoms with Crippen molar-refractivity contribution in [3.05, 3.63) is 18.2 Å². The SMILES string of the molecule is CC(C)C[C@@H]1C(=O)NCCN1C(=O)[C@@H]1CCc2nccn2C1. The molecular weight excluding hydrogens is 280 g/mol. The van der Waals surface area contributed by atoms with Gasteiger partial charge >= 0.3 is 0 Å². The summed E-state index contributed by atoms with van der Waals surface area (Å²) in [6.45, 7) is 6.03. The van der Waals surface area contributed by atoms with Crippen molar-refractivity contribution < 1.29 is 9.59 Å². The van der Waals surface area contributed by atoms with Crippen molar-refractivity contribution in [3.8, 4) is 0 Å². The number of fused-ring (bicyclic) bond motifs is 1. The zero-order valence-electron chi connectivity index (χ0n) is 13.3. The molecule has 0 spiro atoms. The van der Waals surface area contributed by atoms with Crippen molar-refractivity contribution in [2.24, 2.45) is 11.8 Å². The number of aromatic nitrogens is 2. The van der Waals surface area contributed by atoms with Gasteiger partial charge in [0.05, 0.1) is 5.92 Å². The molecule has 2 aliphatic heterocycles. The van der Waals surface area contributed by atoms with E-state index in [1.165, 1.54) is 0 Å². The summed E-state index contributed by atoms with van der Waals surface area (Å²) >= 11 is 0. The molecule has 0 radical (unpaired) electrons. The molecule has 120 valence electrons. The van der Waals surface area contributed by atoms with Crippen molar-refractivity contribution in [2.75, 3.05) is 13.1 Å². The number of carbonyl (C=O) groups excluding carboxylic acids is 2. The zero-order chi connectivity index (χ0) is 15.7. The first kappa shape index (κ1) is 15.1. The van der Waals surface area contributed by atoms with Crippen LogP contribution in [0.2, 0.25) is 0 Å². The van der Waals surface area contributed by atoms with Gasteiger partial charge in [0.25, 0.3) is 0 Å². The molecule has 22 heavy (non-hydrogen) atoms. The number of nitrogens with one attached hydrogen (secondary N) is 1. The van der Waals surface area contributed by atoms with E-state index < -0.39 is 0 Å². The summed E-state index contributed by atoms with van der Waals surface area (Å²) in [5.74, 6) is 1.52. The molecule has 1 aromatic heterocycles. The van der Waals surface area contributed by atoms with Crippen LogP contribution in [-0.4, -0.2) is 45.4 Å². The third-order valence-electron chi connectivity index (χ3n) is 4.59. The van der Waals surface area contributed by atoms with Crippen LogP contribution in [0.1, 0.15) is 32.5 Å². The first-order valence-electron chi connectivity index (χ1n) is 8.14. The van der Waals surface area contributed by atoms with E-state index in [0.717, 1.165) is 25.1 Å². The van der Waals surface area contributed by atoms with Gasteiger partial charge in [-0.2, -0.15) is 0 Å². The number of carbonyl (C=O) groups is 2. The molecule has 2 aliphatic rings. The van der Waals surface area contributed by atoms with Crippen molar-refractivity contribution in [2.45, 2.75) is 45.7 Å². The molecule has 1 aromatic rings. The molecule has 0 aliphatic carbocycles. The van der Waals surface area contributed by atoms with Crippen LogP contribution in [0, 0.1) is 11.8 Å². The Labute approximate surface area is 130 Å². The lowest BCUT2D eigenvalue weighted by Gasteiger charge is -2.38. The summed E-state index contributed by atoms with van der Waals surface area (Å²) in [6.07, 6.45) is 6.10. The molecule has 6 nitrogen and oxygen atoms in total. The highest BCUT2D eigenvalue weighted by atomic mass is 16.2. The third-order valence-corrected chi connectivity index (χ3v) is 4.59. The molecule has 6 heteroatoms. The topological polar surface area (TPSA) is 67.2 Å². The molecule has 0 saturated carbocycles. The van der Waals surface area contributed by atoms with Gasteiger partial charge in [-0.1, -0.05) is 13.8 Å². The normalized spacial score (nSPS) is 25.0. The number of amides is 2. The number of imidazole rings is 1. The summed E-state index contributed by atoms with van der Waals surface area (Å²) in [4.78, 5) is 31.2. The Balaban J connectivity index is 1.74. The lowest BCUT2D eigenvalue weighted by atomic mass is 9.94. The molecule has 2 atom stereocenters. The monoisotopic (exact) mass is 304 g/mol. The van der Waals surface area contributed by atoms with Crippen LogP contribution in [-0.2, 0) is 22.6 Å². The van der Waals surface area contributed by atoms with Crippen molar-refractivity contribution in [3.63, 3.8) is 0 Å². The first-order valence-corrected chi connectivity index (χ1v) is 8.14. The van der Waals surface area contributed by atoms with E-state index in [0.29, 0.717) is 25.6 Å². The predicted molar refractivity (Wildman–Crippen MR) is 82.0 cm³/mol. The Morgan fingerprint density at radius 1 is 1.50 bits per heavy atom. The highest BCUT2D eigenvalue weighted by Crippen LogP contribution is 2.24. The number of hydrogen-bond acceptors (Lipinski definition) is 3. The van der Waals surface area contributed by atoms with Gasteiger partial charge in [-0.05, 0) is 18.8 Å². The van der Waals surface area contributed by atoms with Crippen molar-refractivity contribution in [1.29, 1.82) is 0 Å². The van der Waals surface area contributed by atoms with Crippen LogP contribution < -0.4 is 5.32 Å². The Kier molecular flexibility index (Phi) is 4.18. The molecule has 1 saturated heterocycles. The molecular formula is C16H24N4O2. The summed E-state index contributed by atoms with van der Waals surface area (Å²) in [5, 5.41) is 2.89. The fourth-order valence-electron chi connectivity index (χ4n) is 3.46. The van der Waals surface area contributed by atoms with E-state index in [9.17, 15) is 9.59 Å². The Hall–Kier alpha value is -1.85. The van der Waals surface area contributed by atoms with Crippen LogP contribution in [0.3, 0.4) is 0 Å². The van der Waals surface area contributed by atoms with E-state index >= 15 is 0 Å². The molecule has 1 N–H and O–H groups in total. The van der Waals surface area contributed by atoms with Gasteiger partial charge in [0.15, 0.2) is 0 Å². The van der Waals surface area contributed by atoms with Crippen LogP contribution >= 0.6 is 0 Å². The maximum Gasteiger partial charge on any atom is 0.242 e. The second kappa shape index (κ2) is 6.10. The molecule has 0 bridgehead atoms. The second-order valence-corrected chi connectivity index (χ2v) is 6.70. The highest BCUT2D eigenvalue weighted by molar-refractivity contribution is 5.89. The number of rotatable bonds is 3. The fraction of sp³-hybridized carbons (Fsp3) is 0.688. The molecule has 3 rings (SSSR count). The Bertz CT molecular complexity index is 566. The standard InChI is InChI=1S/C16H24N4O2/c1-11(2)9-13-15(21)18-6-8-20(13)16(22)12-3-4-14-17-5-7-19(14)10-12/h5,7,11-13H,3-4,6,8-10H2,1-2H3,(H,18,21)/t12-,13-/m1/s1. The lowest BCUT2D eigenvalue weighted by Crippen LogP contribution is -2.59. The molecule has 1 fully saturated rings. The van der Waals surface area contributed by atoms with Crippen molar-refractivity contribution >= 4 is 11.8 Å². The van der Waals surface area contributed by atoms with E-state index in [1.54, 1.807) is 6.20 Å². The minimum absolute atomic E-state index is 0.00701. The minimum Gasteiger partial charge on any atom is -0.353 e. The summed E-state index contributed by atoms with van der Waals surface area (Å²) in [5.41, 5.74) is 0. The first-order chi connectivity index (χ1) is 10.6. The van der Waals surface area contributed by atoms with Gasteiger partial charge in [-0.3, -0.25) is 9.59 Å². The fourth-order valence-corrected chi connectivity index (χ4v) is 3.46. The summed E-state index contributed by atoms with van der Waals surface area (Å²) in [6, 6.07) is -0.314. The van der Waals surface area contributed by atoms with Gasteiger partial charge in [-0.25, -0.2) is 4.98 Å². The van der Waals surface area contributed by atoms with Crippen LogP contribution in [0.25, 0.3) is 0 Å². The van der Waals surface area contributed by atoms with Crippen molar-refractivity contribution in [1.82, 2.24) is 19.8 Å². The van der Waals surface area contributed by atoms with Gasteiger partial charge in [0, 0.05) is 38.4 Å². The largest absolute Gasteiger partial charge is 0.353 e. The Morgan fingerprint density at radius 2 is 2.32 bits per heavy atom. The van der Waals surface area contributed by atoms with Gasteiger partial charge < -0.3 is 14.8 Å². The average molecular weight is 304 g/mol. The summed E-state index contributed by atoms with van der Waals surface area (Å²) in [7, 11) is 0. The maximum atomic E-state index is 12.9. The number of aryl methyl sites for hydroxylation is 1. The van der Waals surface area contributed by atoms with Crippen LogP contribution in [0.15, 0.2) is 12.4 Å². The van der Waals surface area contributed by atoms with Gasteiger partial charge in [0.2, 0.25) is 11.8 Å². The predicted octanol–water partition coefficient (Wildman–Crippen LogP) is 0.819. The number of hydrogen-bond donors (Lipinski definition) is 1. The van der Waals surface area contributed by atoms with E-state index in [4.69, 9.17) is 0 Å². The maximum absolute atomic E-state index is 12.9. The minimum atomic E-state index is -0.314.